The summed E-state index contributed by atoms with van der Waals surface area (Å²) in [6.45, 7) is 0.0780. The molecule has 0 saturated heterocycles. The number of urea groups is 1. The molecule has 2 aliphatic rings. The molecule has 21 heteroatoms. The van der Waals surface area contributed by atoms with Crippen LogP contribution in [0.4, 0.5) is 33.2 Å². The van der Waals surface area contributed by atoms with Gasteiger partial charge in [-0.05, 0) is 90.0 Å². The summed E-state index contributed by atoms with van der Waals surface area (Å²) in [7, 11) is -10.3. The van der Waals surface area contributed by atoms with Crippen LogP contribution in [0, 0.1) is 0 Å². The van der Waals surface area contributed by atoms with Gasteiger partial charge in [-0.25, -0.2) is 21.6 Å². The summed E-state index contributed by atoms with van der Waals surface area (Å²) in [6, 6.07) is 21.6. The first-order valence-electron chi connectivity index (χ1n) is 15.5. The number of nitrogens with one attached hydrogen (secondary N) is 5. The number of para-hydroxylation sites is 1. The molecule has 2 aliphatic carbocycles. The van der Waals surface area contributed by atoms with Gasteiger partial charge in [-0.3, -0.25) is 20.4 Å². The molecule has 0 aliphatic heterocycles. The average molecular weight is 814 g/mol. The van der Waals surface area contributed by atoms with E-state index >= 15 is 0 Å². The first kappa shape index (κ1) is 43.9. The molecule has 5 N–H and O–H groups in total. The summed E-state index contributed by atoms with van der Waals surface area (Å²) in [5.41, 5.74) is 5.36. The number of benzene rings is 4. The molecular formula is C35H25N7Na2O10S2. The summed E-state index contributed by atoms with van der Waals surface area (Å²) in [4.78, 5) is 48.6. The molecule has 4 aromatic carbocycles. The molecule has 0 unspecified atom stereocenters. The van der Waals surface area contributed by atoms with Crippen LogP contribution in [0.25, 0.3) is 12.2 Å². The maximum absolute atomic E-state index is 13.5. The van der Waals surface area contributed by atoms with Crippen molar-refractivity contribution in [1.82, 2.24) is 0 Å². The number of allylic oxidation sites excluding steroid dienone is 2. The summed E-state index contributed by atoms with van der Waals surface area (Å²) >= 11 is 0. The first-order chi connectivity index (χ1) is 25.7. The van der Waals surface area contributed by atoms with Gasteiger partial charge in [-0.1, -0.05) is 24.3 Å². The van der Waals surface area contributed by atoms with Gasteiger partial charge in [0.2, 0.25) is 11.6 Å². The quantitative estimate of drug-likeness (QED) is 0.0478. The fourth-order valence-corrected chi connectivity index (χ4v) is 6.58. The Morgan fingerprint density at radius 2 is 1.09 bits per heavy atom. The predicted octanol–water partition coefficient (Wildman–Crippen LogP) is -1.95. The van der Waals surface area contributed by atoms with Crippen LogP contribution in [0.3, 0.4) is 0 Å². The number of carbonyl (C=O) groups is 4. The van der Waals surface area contributed by atoms with E-state index in [0.29, 0.717) is 23.3 Å². The number of aldehydes is 1. The van der Waals surface area contributed by atoms with E-state index in [0.717, 1.165) is 12.2 Å². The number of carbonyl (C=O) groups excluding carboxylic acids is 4. The molecule has 0 heterocycles. The van der Waals surface area contributed by atoms with Crippen molar-refractivity contribution in [3.63, 3.8) is 0 Å². The van der Waals surface area contributed by atoms with Crippen molar-refractivity contribution < 1.29 is 104 Å². The van der Waals surface area contributed by atoms with Gasteiger partial charge in [0.1, 0.15) is 37.9 Å². The molecule has 0 bridgehead atoms. The van der Waals surface area contributed by atoms with Crippen LogP contribution >= 0.6 is 0 Å². The molecule has 2 amide bonds. The molecule has 0 spiro atoms. The number of anilines is 5. The SMILES string of the molecule is O=CCNc1ccc(N/N=C2/C(=O)c3cc(NC(=O)Nc4ccc5c(c4)C=C(S(=O)(=O)[O-])/C(=N/Nc4ccccc4)C5=O)ccc3C=C2S(=O)(=O)[O-])cc1.[Na+].[Na+]. The van der Waals surface area contributed by atoms with Gasteiger partial charge in [0.25, 0.3) is 0 Å². The molecular weight excluding hydrogens is 789 g/mol. The summed E-state index contributed by atoms with van der Waals surface area (Å²) < 4.78 is 72.7. The van der Waals surface area contributed by atoms with E-state index in [1.165, 1.54) is 48.5 Å². The number of ketones is 2. The monoisotopic (exact) mass is 813 g/mol. The number of hydrogen-bond acceptors (Lipinski definition) is 15. The Bertz CT molecular complexity index is 2580. The van der Waals surface area contributed by atoms with Crippen molar-refractivity contribution in [3.05, 3.63) is 123 Å². The van der Waals surface area contributed by atoms with Gasteiger partial charge >= 0.3 is 65.1 Å². The number of fused-ring (bicyclic) bond motifs is 2. The number of Topliss-reactive ketones (excluding diaryl/α,β-unsaturated/α-hetero) is 2. The minimum atomic E-state index is -5.17. The zero-order valence-corrected chi connectivity index (χ0v) is 35.0. The van der Waals surface area contributed by atoms with Crippen molar-refractivity contribution >= 4 is 96.1 Å². The molecule has 0 radical (unpaired) electrons. The predicted molar refractivity (Wildman–Crippen MR) is 199 cm³/mol. The molecule has 6 rings (SSSR count). The van der Waals surface area contributed by atoms with Crippen molar-refractivity contribution in [2.75, 3.05) is 33.3 Å². The number of amides is 2. The van der Waals surface area contributed by atoms with Gasteiger partial charge in [0, 0.05) is 28.2 Å². The Kier molecular flexibility index (Phi) is 14.5. The second kappa shape index (κ2) is 18.4. The Balaban J connectivity index is 0.00000348. The standard InChI is InChI=1S/C35H27N7O10S2.2Na/c43-15-14-36-22-8-10-24(11-9-22)40-42-32-29(53(47,48)49)17-20-6-7-26(19-28(20)34(32)45)38-35(46)37-25-12-13-27-21(16-25)18-30(54(50,51)52)31(33(27)44)41-39-23-4-2-1-3-5-23;;/h1-13,15-19,36,39-40H,14H2,(H2,37,38,46)(H,47,48,49)(H,50,51,52);;/q;2*+1/p-2/b41-31-,42-32+;;. The van der Waals surface area contributed by atoms with E-state index in [2.05, 4.69) is 37.0 Å². The van der Waals surface area contributed by atoms with Crippen LogP contribution in [-0.4, -0.2) is 67.8 Å². The molecule has 4 aromatic rings. The van der Waals surface area contributed by atoms with Gasteiger partial charge in [0.05, 0.1) is 27.7 Å². The van der Waals surface area contributed by atoms with E-state index in [4.69, 9.17) is 0 Å². The topological polar surface area (TPSA) is 268 Å². The Labute approximate surface area is 363 Å². The zero-order chi connectivity index (χ0) is 38.6. The van der Waals surface area contributed by atoms with Crippen LogP contribution in [0.15, 0.2) is 111 Å². The minimum Gasteiger partial charge on any atom is -0.744 e. The van der Waals surface area contributed by atoms with Crippen molar-refractivity contribution in [2.24, 2.45) is 10.2 Å². The molecule has 0 aromatic heterocycles. The third-order valence-electron chi connectivity index (χ3n) is 7.76. The second-order valence-corrected chi connectivity index (χ2v) is 14.1. The summed E-state index contributed by atoms with van der Waals surface area (Å²) in [5.74, 6) is -1.78. The van der Waals surface area contributed by atoms with Gasteiger partial charge in [-0.2, -0.15) is 10.2 Å². The minimum absolute atomic E-state index is 0. The smallest absolute Gasteiger partial charge is 0.744 e. The van der Waals surface area contributed by atoms with Crippen LogP contribution in [0.5, 0.6) is 0 Å². The summed E-state index contributed by atoms with van der Waals surface area (Å²) in [6.07, 6.45) is 2.64. The van der Waals surface area contributed by atoms with E-state index in [1.807, 2.05) is 0 Å². The summed E-state index contributed by atoms with van der Waals surface area (Å²) in [5, 5.41) is 15.7. The zero-order valence-electron chi connectivity index (χ0n) is 29.4. The van der Waals surface area contributed by atoms with Crippen molar-refractivity contribution in [3.8, 4) is 0 Å². The largest absolute Gasteiger partial charge is 1.00 e. The maximum atomic E-state index is 13.5. The first-order valence-corrected chi connectivity index (χ1v) is 18.3. The van der Waals surface area contributed by atoms with Crippen molar-refractivity contribution in [2.45, 2.75) is 0 Å². The fourth-order valence-electron chi connectivity index (χ4n) is 5.28. The van der Waals surface area contributed by atoms with Crippen LogP contribution in [0.2, 0.25) is 0 Å². The number of rotatable bonds is 11. The fraction of sp³-hybridized carbons (Fsp3) is 0.0286. The Morgan fingerprint density at radius 3 is 1.66 bits per heavy atom. The normalized spacial score (nSPS) is 14.8. The van der Waals surface area contributed by atoms with Gasteiger partial charge in [0.15, 0.2) is 0 Å². The van der Waals surface area contributed by atoms with E-state index in [9.17, 15) is 45.1 Å². The molecule has 0 atom stereocenters. The van der Waals surface area contributed by atoms with E-state index in [1.54, 1.807) is 42.5 Å². The van der Waals surface area contributed by atoms with Gasteiger partial charge < -0.3 is 29.9 Å². The molecule has 274 valence electrons. The van der Waals surface area contributed by atoms with Crippen LogP contribution in [0.1, 0.15) is 31.8 Å². The molecule has 17 nitrogen and oxygen atoms in total. The van der Waals surface area contributed by atoms with Crippen molar-refractivity contribution in [1.29, 1.82) is 0 Å². The Hall–Kier alpha value is -4.80. The van der Waals surface area contributed by atoms with Crippen LogP contribution in [-0.2, 0) is 25.0 Å². The third-order valence-corrected chi connectivity index (χ3v) is 9.46. The number of hydrazone groups is 2. The maximum Gasteiger partial charge on any atom is 1.00 e. The Morgan fingerprint density at radius 1 is 0.607 bits per heavy atom. The second-order valence-electron chi connectivity index (χ2n) is 11.4. The number of nitrogens with zero attached hydrogens (tertiary/aromatic N) is 2. The van der Waals surface area contributed by atoms with E-state index in [-0.39, 0.29) is 99.3 Å². The molecule has 0 fully saturated rings. The average Bonchev–Trinajstić information content (AvgIpc) is 3.13. The third kappa shape index (κ3) is 10.3. The molecule has 56 heavy (non-hydrogen) atoms. The van der Waals surface area contributed by atoms with E-state index < -0.39 is 59.1 Å². The van der Waals surface area contributed by atoms with Crippen LogP contribution < -0.4 is 85.9 Å². The molecule has 0 saturated carbocycles. The number of hydrogen-bond donors (Lipinski definition) is 5. The van der Waals surface area contributed by atoms with Gasteiger partial charge in [-0.15, -0.1) is 0 Å².